The first kappa shape index (κ1) is 18.9. The van der Waals surface area contributed by atoms with Gasteiger partial charge in [0.2, 0.25) is 0 Å². The van der Waals surface area contributed by atoms with Crippen molar-refractivity contribution in [3.63, 3.8) is 0 Å². The minimum absolute atomic E-state index is 0.294. The molecule has 1 aliphatic heterocycles. The fraction of sp³-hybridized carbons (Fsp3) is 0.800. The molecule has 0 radical (unpaired) electrons. The van der Waals surface area contributed by atoms with E-state index in [2.05, 4.69) is 23.9 Å². The van der Waals surface area contributed by atoms with Crippen LogP contribution in [0.1, 0.15) is 46.5 Å². The number of rotatable bonds is 6. The van der Waals surface area contributed by atoms with Gasteiger partial charge in [-0.3, -0.25) is 0 Å². The van der Waals surface area contributed by atoms with Gasteiger partial charge in [-0.2, -0.15) is 8.99 Å². The summed E-state index contributed by atoms with van der Waals surface area (Å²) in [6.07, 6.45) is 4.80. The molecule has 24 heavy (non-hydrogen) atoms. The lowest BCUT2D eigenvalue weighted by molar-refractivity contribution is 0.195. The average Bonchev–Trinajstić information content (AvgIpc) is 3.06. The summed E-state index contributed by atoms with van der Waals surface area (Å²) < 4.78 is 27.5. The zero-order valence-corrected chi connectivity index (χ0v) is 15.5. The van der Waals surface area contributed by atoms with Crippen LogP contribution in [-0.4, -0.2) is 64.6 Å². The fourth-order valence-corrected chi connectivity index (χ4v) is 3.97. The second-order valence-corrected chi connectivity index (χ2v) is 8.31. The van der Waals surface area contributed by atoms with Crippen LogP contribution in [0.4, 0.5) is 4.79 Å². The normalized spacial score (nSPS) is 16.5. The van der Waals surface area contributed by atoms with Crippen LogP contribution in [0.5, 0.6) is 0 Å². The first-order valence-electron chi connectivity index (χ1n) is 8.57. The molecule has 1 saturated heterocycles. The van der Waals surface area contributed by atoms with E-state index >= 15 is 0 Å². The van der Waals surface area contributed by atoms with Crippen LogP contribution in [0.15, 0.2) is 11.5 Å². The summed E-state index contributed by atoms with van der Waals surface area (Å²) in [6.45, 7) is 8.20. The first-order valence-corrected chi connectivity index (χ1v) is 10.0. The van der Waals surface area contributed by atoms with Crippen LogP contribution in [0.3, 0.4) is 0 Å². The van der Waals surface area contributed by atoms with Crippen molar-refractivity contribution in [2.75, 3.05) is 26.2 Å². The van der Waals surface area contributed by atoms with E-state index < -0.39 is 10.0 Å². The lowest BCUT2D eigenvalue weighted by Crippen LogP contribution is -2.37. The Balaban J connectivity index is 2.12. The molecule has 1 fully saturated rings. The van der Waals surface area contributed by atoms with E-state index in [1.165, 1.54) is 10.6 Å². The number of amides is 1. The molecule has 0 N–H and O–H groups in total. The van der Waals surface area contributed by atoms with Gasteiger partial charge in [0.1, 0.15) is 6.33 Å². The summed E-state index contributed by atoms with van der Waals surface area (Å²) in [5.41, 5.74) is 0. The van der Waals surface area contributed by atoms with Gasteiger partial charge in [0.05, 0.1) is 0 Å². The highest BCUT2D eigenvalue weighted by Crippen LogP contribution is 2.17. The maximum atomic E-state index is 12.5. The monoisotopic (exact) mass is 357 g/mol. The van der Waals surface area contributed by atoms with Gasteiger partial charge >= 0.3 is 6.03 Å². The van der Waals surface area contributed by atoms with Crippen LogP contribution in [0.25, 0.3) is 0 Å². The third-order valence-corrected chi connectivity index (χ3v) is 5.87. The Hall–Kier alpha value is -1.48. The van der Waals surface area contributed by atoms with E-state index in [-0.39, 0.29) is 11.2 Å². The Morgan fingerprint density at radius 1 is 1.29 bits per heavy atom. The summed E-state index contributed by atoms with van der Waals surface area (Å²) in [4.78, 5) is 18.0. The predicted octanol–water partition coefficient (Wildman–Crippen LogP) is 1.79. The Morgan fingerprint density at radius 2 is 1.96 bits per heavy atom. The molecular weight excluding hydrogens is 330 g/mol. The minimum atomic E-state index is -3.71. The number of nitrogens with zero attached hydrogens (tertiary/aromatic N) is 5. The van der Waals surface area contributed by atoms with Gasteiger partial charge in [0.25, 0.3) is 15.2 Å². The summed E-state index contributed by atoms with van der Waals surface area (Å²) in [6, 6.07) is -0.342. The summed E-state index contributed by atoms with van der Waals surface area (Å²) >= 11 is 0. The third kappa shape index (κ3) is 4.32. The molecule has 0 aromatic carbocycles. The molecule has 0 spiro atoms. The molecule has 1 amide bonds. The van der Waals surface area contributed by atoms with Crippen molar-refractivity contribution in [1.82, 2.24) is 24.0 Å². The van der Waals surface area contributed by atoms with Crippen molar-refractivity contribution < 1.29 is 13.2 Å². The second kappa shape index (κ2) is 8.06. The van der Waals surface area contributed by atoms with E-state index in [9.17, 15) is 13.2 Å². The molecule has 0 bridgehead atoms. The molecule has 2 heterocycles. The summed E-state index contributed by atoms with van der Waals surface area (Å²) in [7, 11) is -3.71. The number of hydrogen-bond donors (Lipinski definition) is 0. The van der Waals surface area contributed by atoms with Crippen LogP contribution >= 0.6 is 0 Å². The summed E-state index contributed by atoms with van der Waals surface area (Å²) in [5.74, 6) is 0.484. The van der Waals surface area contributed by atoms with E-state index in [0.29, 0.717) is 32.1 Å². The van der Waals surface area contributed by atoms with Crippen molar-refractivity contribution >= 4 is 16.1 Å². The molecule has 8 nitrogen and oxygen atoms in total. The number of carbonyl (C=O) groups is 1. The molecule has 0 atom stereocenters. The molecule has 136 valence electrons. The molecule has 2 rings (SSSR count). The Bertz CT molecular complexity index is 650. The molecular formula is C15H27N5O3S. The Labute approximate surface area is 143 Å². The number of carbonyl (C=O) groups excluding carboxylic acids is 1. The highest BCUT2D eigenvalue weighted by atomic mass is 32.2. The van der Waals surface area contributed by atoms with Gasteiger partial charge in [-0.15, -0.1) is 5.10 Å². The standard InChI is InChI=1S/C15H27N5O3S/c1-4-18(11-8-13(2)3)15(21)20-12-16-14(17-20)24(22,23)19-9-6-5-7-10-19/h12-13H,4-11H2,1-3H3. The molecule has 1 aliphatic rings. The third-order valence-electron chi connectivity index (χ3n) is 4.18. The van der Waals surface area contributed by atoms with Crippen molar-refractivity contribution in [1.29, 1.82) is 0 Å². The number of hydrogen-bond acceptors (Lipinski definition) is 5. The quantitative estimate of drug-likeness (QED) is 0.774. The van der Waals surface area contributed by atoms with Gasteiger partial charge in [0, 0.05) is 26.2 Å². The van der Waals surface area contributed by atoms with Crippen molar-refractivity contribution in [2.24, 2.45) is 5.92 Å². The average molecular weight is 357 g/mol. The maximum absolute atomic E-state index is 12.5. The van der Waals surface area contributed by atoms with E-state index in [1.807, 2.05) is 6.92 Å². The molecule has 9 heteroatoms. The van der Waals surface area contributed by atoms with Gasteiger partial charge in [-0.05, 0) is 32.1 Å². The van der Waals surface area contributed by atoms with Gasteiger partial charge in [0.15, 0.2) is 0 Å². The van der Waals surface area contributed by atoms with Gasteiger partial charge < -0.3 is 4.90 Å². The maximum Gasteiger partial charge on any atom is 0.346 e. The predicted molar refractivity (Wildman–Crippen MR) is 90.1 cm³/mol. The lowest BCUT2D eigenvalue weighted by atomic mass is 10.1. The van der Waals surface area contributed by atoms with Gasteiger partial charge in [-0.1, -0.05) is 20.3 Å². The lowest BCUT2D eigenvalue weighted by Gasteiger charge is -2.24. The first-order chi connectivity index (χ1) is 11.4. The van der Waals surface area contributed by atoms with E-state index in [4.69, 9.17) is 0 Å². The molecule has 1 aromatic heterocycles. The fourth-order valence-electron chi connectivity index (χ4n) is 2.63. The smallest absolute Gasteiger partial charge is 0.323 e. The Kier molecular flexibility index (Phi) is 6.34. The number of aromatic nitrogens is 3. The largest absolute Gasteiger partial charge is 0.346 e. The van der Waals surface area contributed by atoms with Crippen LogP contribution in [0.2, 0.25) is 0 Å². The molecule has 1 aromatic rings. The van der Waals surface area contributed by atoms with E-state index in [1.54, 1.807) is 4.90 Å². The SMILES string of the molecule is CCN(CCC(C)C)C(=O)n1cnc(S(=O)(=O)N2CCCCC2)n1. The highest BCUT2D eigenvalue weighted by Gasteiger charge is 2.30. The highest BCUT2D eigenvalue weighted by molar-refractivity contribution is 7.88. The van der Waals surface area contributed by atoms with Crippen LogP contribution in [-0.2, 0) is 10.0 Å². The van der Waals surface area contributed by atoms with Gasteiger partial charge in [-0.25, -0.2) is 18.2 Å². The topological polar surface area (TPSA) is 88.4 Å². The minimum Gasteiger partial charge on any atom is -0.323 e. The molecule has 0 aliphatic carbocycles. The van der Waals surface area contributed by atoms with Crippen molar-refractivity contribution in [3.05, 3.63) is 6.33 Å². The zero-order valence-electron chi connectivity index (χ0n) is 14.7. The van der Waals surface area contributed by atoms with Crippen molar-refractivity contribution in [3.8, 4) is 0 Å². The molecule has 0 saturated carbocycles. The van der Waals surface area contributed by atoms with Crippen LogP contribution in [0, 0.1) is 5.92 Å². The number of piperidine rings is 1. The van der Waals surface area contributed by atoms with Crippen molar-refractivity contribution in [2.45, 2.75) is 51.6 Å². The zero-order chi connectivity index (χ0) is 17.7. The second-order valence-electron chi connectivity index (χ2n) is 6.48. The Morgan fingerprint density at radius 3 is 2.54 bits per heavy atom. The van der Waals surface area contributed by atoms with E-state index in [0.717, 1.165) is 30.4 Å². The van der Waals surface area contributed by atoms with Crippen LogP contribution < -0.4 is 0 Å². The number of sulfonamides is 1. The summed E-state index contributed by atoms with van der Waals surface area (Å²) in [5, 5.41) is 3.64. The molecule has 0 unspecified atom stereocenters.